The van der Waals surface area contributed by atoms with Crippen LogP contribution in [0.3, 0.4) is 0 Å². The minimum atomic E-state index is -0.509. The topological polar surface area (TPSA) is 78.8 Å². The fourth-order valence-electron chi connectivity index (χ4n) is 2.69. The van der Waals surface area contributed by atoms with Gasteiger partial charge in [0.15, 0.2) is 11.5 Å². The van der Waals surface area contributed by atoms with E-state index in [-0.39, 0.29) is 11.7 Å². The second kappa shape index (κ2) is 7.39. The summed E-state index contributed by atoms with van der Waals surface area (Å²) in [5.74, 6) is 0.196. The molecule has 7 nitrogen and oxygen atoms in total. The lowest BCUT2D eigenvalue weighted by Crippen LogP contribution is -2.57. The molecule has 1 aromatic heterocycles. The molecule has 22 heavy (non-hydrogen) atoms. The van der Waals surface area contributed by atoms with Gasteiger partial charge >= 0.3 is 13.0 Å². The highest BCUT2D eigenvalue weighted by Gasteiger charge is 2.31. The third-order valence-electron chi connectivity index (χ3n) is 3.89. The van der Waals surface area contributed by atoms with Gasteiger partial charge in [0.05, 0.1) is 13.3 Å². The van der Waals surface area contributed by atoms with Gasteiger partial charge in [-0.2, -0.15) is 0 Å². The second-order valence-electron chi connectivity index (χ2n) is 5.24. The molecule has 1 fully saturated rings. The van der Waals surface area contributed by atoms with E-state index in [2.05, 4.69) is 47.3 Å². The molecule has 9 heteroatoms. The molecule has 1 atom stereocenters. The molecule has 2 rings (SSSR count). The van der Waals surface area contributed by atoms with Crippen LogP contribution in [0.25, 0.3) is 0 Å². The van der Waals surface area contributed by atoms with Crippen LogP contribution in [0.5, 0.6) is 0 Å². The van der Waals surface area contributed by atoms with Gasteiger partial charge in [-0.25, -0.2) is 14.8 Å². The van der Waals surface area contributed by atoms with Gasteiger partial charge in [0.2, 0.25) is 0 Å². The Labute approximate surface area is 138 Å². The van der Waals surface area contributed by atoms with Gasteiger partial charge in [0.1, 0.15) is 4.60 Å². The fraction of sp³-hybridized carbons (Fsp3) is 0.615. The highest BCUT2D eigenvalue weighted by Crippen LogP contribution is 2.25. The van der Waals surface area contributed by atoms with Crippen molar-refractivity contribution in [2.75, 3.05) is 31.6 Å². The van der Waals surface area contributed by atoms with Crippen LogP contribution in [-0.2, 0) is 4.74 Å². The van der Waals surface area contributed by atoms with Crippen molar-refractivity contribution in [3.63, 3.8) is 0 Å². The Balaban J connectivity index is 2.17. The zero-order valence-corrected chi connectivity index (χ0v) is 14.6. The van der Waals surface area contributed by atoms with Crippen LogP contribution in [0.4, 0.5) is 5.82 Å². The van der Waals surface area contributed by atoms with Gasteiger partial charge in [-0.05, 0) is 29.2 Å². The Bertz CT molecular complexity index is 546. The van der Waals surface area contributed by atoms with E-state index in [1.807, 2.05) is 0 Å². The molecule has 120 valence electrons. The molecule has 1 N–H and O–H groups in total. The molecule has 0 aromatic carbocycles. The van der Waals surface area contributed by atoms with E-state index in [0.29, 0.717) is 10.4 Å². The van der Waals surface area contributed by atoms with Crippen LogP contribution >= 0.6 is 15.9 Å². The number of rotatable bonds is 4. The molecule has 1 aromatic rings. The molecule has 0 spiro atoms. The number of carbonyl (C=O) groups is 1. The maximum Gasteiger partial charge on any atom is 0.376 e. The number of aromatic nitrogens is 2. The number of piperazine rings is 1. The highest BCUT2D eigenvalue weighted by atomic mass is 79.9. The summed E-state index contributed by atoms with van der Waals surface area (Å²) in [6, 6.07) is 0.253. The molecule has 0 aliphatic carbocycles. The first kappa shape index (κ1) is 17.2. The van der Waals surface area contributed by atoms with Crippen LogP contribution in [0, 0.1) is 0 Å². The van der Waals surface area contributed by atoms with Crippen LogP contribution in [0.2, 0.25) is 6.82 Å². The predicted molar refractivity (Wildman–Crippen MR) is 87.9 cm³/mol. The van der Waals surface area contributed by atoms with Crippen LogP contribution < -0.4 is 4.90 Å². The third-order valence-corrected chi connectivity index (χ3v) is 4.42. The summed E-state index contributed by atoms with van der Waals surface area (Å²) in [6.45, 7) is 6.14. The lowest BCUT2D eigenvalue weighted by atomic mass is 9.81. The minimum Gasteiger partial charge on any atom is -0.464 e. The van der Waals surface area contributed by atoms with Crippen LogP contribution in [-0.4, -0.2) is 65.6 Å². The number of anilines is 1. The fourth-order valence-corrected chi connectivity index (χ4v) is 3.24. The Kier molecular flexibility index (Phi) is 5.77. The molecule has 1 aliphatic rings. The van der Waals surface area contributed by atoms with E-state index in [4.69, 9.17) is 0 Å². The Morgan fingerprint density at radius 1 is 1.59 bits per heavy atom. The molecular formula is C13H20BBrN4O3. The van der Waals surface area contributed by atoms with Crippen molar-refractivity contribution < 1.29 is 14.6 Å². The zero-order chi connectivity index (χ0) is 16.3. The highest BCUT2D eigenvalue weighted by molar-refractivity contribution is 9.10. The predicted octanol–water partition coefficient (Wildman–Crippen LogP) is 1.04. The maximum atomic E-state index is 11.5. The molecule has 0 saturated carbocycles. The van der Waals surface area contributed by atoms with Crippen molar-refractivity contribution >= 4 is 34.8 Å². The van der Waals surface area contributed by atoms with Gasteiger partial charge < -0.3 is 19.5 Å². The molecule has 0 amide bonds. The number of ether oxygens (including phenoxy) is 1. The van der Waals surface area contributed by atoms with Crippen molar-refractivity contribution in [1.29, 1.82) is 0 Å². The lowest BCUT2D eigenvalue weighted by Gasteiger charge is -2.42. The molecular weight excluding hydrogens is 351 g/mol. The van der Waals surface area contributed by atoms with E-state index in [1.54, 1.807) is 6.82 Å². The summed E-state index contributed by atoms with van der Waals surface area (Å²) in [6.07, 6.45) is 2.36. The lowest BCUT2D eigenvalue weighted by molar-refractivity contribution is 0.0593. The van der Waals surface area contributed by atoms with Crippen molar-refractivity contribution in [3.8, 4) is 0 Å². The van der Waals surface area contributed by atoms with Crippen LogP contribution in [0.1, 0.15) is 23.8 Å². The Morgan fingerprint density at radius 3 is 2.86 bits per heavy atom. The summed E-state index contributed by atoms with van der Waals surface area (Å²) in [4.78, 5) is 24.2. The van der Waals surface area contributed by atoms with Gasteiger partial charge in [-0.1, -0.05) is 6.92 Å². The average Bonchev–Trinajstić information content (AvgIpc) is 2.53. The molecule has 1 saturated heterocycles. The monoisotopic (exact) mass is 370 g/mol. The van der Waals surface area contributed by atoms with Gasteiger partial charge in [-0.15, -0.1) is 0 Å². The van der Waals surface area contributed by atoms with E-state index >= 15 is 0 Å². The molecule has 1 aliphatic heterocycles. The average molecular weight is 371 g/mol. The third kappa shape index (κ3) is 3.58. The summed E-state index contributed by atoms with van der Waals surface area (Å²) < 4.78 is 5.16. The summed E-state index contributed by atoms with van der Waals surface area (Å²) in [5.41, 5.74) is 0.174. The number of nitrogens with zero attached hydrogens (tertiary/aromatic N) is 4. The van der Waals surface area contributed by atoms with E-state index < -0.39 is 13.0 Å². The second-order valence-corrected chi connectivity index (χ2v) is 5.99. The summed E-state index contributed by atoms with van der Waals surface area (Å²) in [7, 11) is 0.857. The molecule has 0 bridgehead atoms. The van der Waals surface area contributed by atoms with E-state index in [9.17, 15) is 9.82 Å². The van der Waals surface area contributed by atoms with Crippen molar-refractivity contribution in [1.82, 2.24) is 14.8 Å². The first-order chi connectivity index (χ1) is 10.5. The minimum absolute atomic E-state index is 0.174. The van der Waals surface area contributed by atoms with E-state index in [1.165, 1.54) is 13.3 Å². The Morgan fingerprint density at radius 2 is 2.32 bits per heavy atom. The normalized spacial score (nSPS) is 19.1. The van der Waals surface area contributed by atoms with Gasteiger partial charge in [0.25, 0.3) is 0 Å². The van der Waals surface area contributed by atoms with Crippen molar-refractivity contribution in [3.05, 3.63) is 16.5 Å². The standard InChI is InChI=1S/C13H20BBrN4O3/c1-4-9-8-18(5-6-19(9)14(2)21)12-11(15)17-10(7-16-12)13(20)22-3/h7,9,21H,4-6,8H2,1-3H3/t9-/m0/s1. The Hall–Kier alpha value is -1.19. The number of hydrogen-bond donors (Lipinski definition) is 1. The smallest absolute Gasteiger partial charge is 0.376 e. The first-order valence-electron chi connectivity index (χ1n) is 7.27. The van der Waals surface area contributed by atoms with E-state index in [0.717, 1.165) is 26.1 Å². The van der Waals surface area contributed by atoms with Crippen LogP contribution in [0.15, 0.2) is 10.8 Å². The number of methoxy groups -OCH3 is 1. The first-order valence-corrected chi connectivity index (χ1v) is 8.06. The van der Waals surface area contributed by atoms with Gasteiger partial charge in [0, 0.05) is 25.7 Å². The molecule has 0 radical (unpaired) electrons. The largest absolute Gasteiger partial charge is 0.464 e. The summed E-state index contributed by atoms with van der Waals surface area (Å²) >= 11 is 3.38. The quantitative estimate of drug-likeness (QED) is 0.626. The number of halogens is 1. The summed E-state index contributed by atoms with van der Waals surface area (Å²) in [5, 5.41) is 9.83. The SMILES string of the molecule is CC[C@H]1CN(c2ncc(C(=O)OC)nc2Br)CCN1B(C)O. The zero-order valence-electron chi connectivity index (χ0n) is 13.0. The number of esters is 1. The van der Waals surface area contributed by atoms with Crippen molar-refractivity contribution in [2.24, 2.45) is 0 Å². The van der Waals surface area contributed by atoms with Crippen molar-refractivity contribution in [2.45, 2.75) is 26.2 Å². The molecule has 0 unspecified atom stereocenters. The number of carbonyl (C=O) groups excluding carboxylic acids is 1. The molecule has 2 heterocycles. The maximum absolute atomic E-state index is 11.5. The van der Waals surface area contributed by atoms with Gasteiger partial charge in [-0.3, -0.25) is 0 Å². The number of hydrogen-bond acceptors (Lipinski definition) is 7.